The van der Waals surface area contributed by atoms with Gasteiger partial charge < -0.3 is 9.84 Å². The highest BCUT2D eigenvalue weighted by Crippen LogP contribution is 2.29. The molecule has 1 aromatic heterocycles. The van der Waals surface area contributed by atoms with E-state index in [1.54, 1.807) is 31.2 Å². The molecule has 1 unspecified atom stereocenters. The van der Waals surface area contributed by atoms with Gasteiger partial charge in [0.1, 0.15) is 5.54 Å². The Labute approximate surface area is 178 Å². The largest absolute Gasteiger partial charge is 0.334 e. The fourth-order valence-corrected chi connectivity index (χ4v) is 4.10. The van der Waals surface area contributed by atoms with Crippen molar-refractivity contribution in [2.24, 2.45) is 0 Å². The fourth-order valence-electron chi connectivity index (χ4n) is 4.10. The Morgan fingerprint density at radius 2 is 1.71 bits per heavy atom. The van der Waals surface area contributed by atoms with Crippen LogP contribution in [0.25, 0.3) is 22.8 Å². The van der Waals surface area contributed by atoms with Gasteiger partial charge >= 0.3 is 6.03 Å². The van der Waals surface area contributed by atoms with Crippen molar-refractivity contribution in [3.8, 4) is 22.8 Å². The van der Waals surface area contributed by atoms with Crippen LogP contribution in [0.2, 0.25) is 0 Å². The first-order valence-corrected chi connectivity index (χ1v) is 10.2. The molecule has 1 fully saturated rings. The van der Waals surface area contributed by atoms with Gasteiger partial charge in [0.25, 0.3) is 11.8 Å². The summed E-state index contributed by atoms with van der Waals surface area (Å²) in [5.74, 6) is 0.588. The zero-order valence-corrected chi connectivity index (χ0v) is 16.9. The quantitative estimate of drug-likeness (QED) is 0.500. The van der Waals surface area contributed by atoms with Crippen LogP contribution in [0.4, 0.5) is 4.79 Å². The van der Waals surface area contributed by atoms with Crippen molar-refractivity contribution >= 4 is 17.7 Å². The van der Waals surface area contributed by atoms with Gasteiger partial charge in [0.15, 0.2) is 5.78 Å². The molecule has 2 N–H and O–H groups in total. The molecular formula is C23H20N4O4. The van der Waals surface area contributed by atoms with Crippen LogP contribution in [0.1, 0.15) is 47.7 Å². The van der Waals surface area contributed by atoms with E-state index in [9.17, 15) is 14.4 Å². The number of benzene rings is 2. The molecule has 3 aromatic rings. The van der Waals surface area contributed by atoms with Gasteiger partial charge in [0.05, 0.1) is 0 Å². The van der Waals surface area contributed by atoms with E-state index >= 15 is 0 Å². The molecule has 156 valence electrons. The minimum atomic E-state index is -1.11. The minimum Gasteiger partial charge on any atom is -0.334 e. The number of rotatable bonds is 3. The summed E-state index contributed by atoms with van der Waals surface area (Å²) in [4.78, 5) is 40.3. The third kappa shape index (κ3) is 3.30. The third-order valence-electron chi connectivity index (χ3n) is 5.94. The molecular weight excluding hydrogens is 396 g/mol. The molecule has 31 heavy (non-hydrogen) atoms. The highest BCUT2D eigenvalue weighted by molar-refractivity contribution is 6.07. The number of hydrogen-bond acceptors (Lipinski definition) is 6. The number of nitrogens with one attached hydrogen (secondary N) is 2. The molecule has 1 aliphatic carbocycles. The first-order chi connectivity index (χ1) is 14.9. The summed E-state index contributed by atoms with van der Waals surface area (Å²) in [6, 6.07) is 12.2. The molecule has 2 heterocycles. The van der Waals surface area contributed by atoms with Crippen LogP contribution in [-0.2, 0) is 16.8 Å². The zero-order valence-electron chi connectivity index (χ0n) is 16.9. The second kappa shape index (κ2) is 7.16. The number of hydrogen-bond donors (Lipinski definition) is 2. The number of Topliss-reactive ketones (excluding diaryl/α,β-unsaturated/α-hetero) is 1. The maximum absolute atomic E-state index is 12.2. The van der Waals surface area contributed by atoms with E-state index in [0.29, 0.717) is 23.7 Å². The number of carbonyl (C=O) groups is 3. The lowest BCUT2D eigenvalue weighted by molar-refractivity contribution is -0.123. The standard InChI is InChI=1S/C23H20N4O4/c1-23(21(29)25-22(30)26-23)16-9-6-13(7-10-16)19-24-20(31-27-19)15-8-11-17-14(12-15)4-2-3-5-18(17)28/h6-12H,2-5H2,1H3,(H2,25,26,29,30). The Bertz CT molecular complexity index is 1210. The molecule has 1 saturated heterocycles. The van der Waals surface area contributed by atoms with Gasteiger partial charge in [-0.15, -0.1) is 0 Å². The summed E-state index contributed by atoms with van der Waals surface area (Å²) in [6.07, 6.45) is 3.35. The van der Waals surface area contributed by atoms with Crippen LogP contribution in [0.15, 0.2) is 47.0 Å². The van der Waals surface area contributed by atoms with Crippen molar-refractivity contribution in [2.75, 3.05) is 0 Å². The first-order valence-electron chi connectivity index (χ1n) is 10.2. The van der Waals surface area contributed by atoms with Crippen LogP contribution >= 0.6 is 0 Å². The molecule has 2 aliphatic rings. The number of carbonyl (C=O) groups excluding carboxylic acids is 3. The van der Waals surface area contributed by atoms with Crippen LogP contribution in [-0.4, -0.2) is 27.9 Å². The molecule has 0 saturated carbocycles. The number of fused-ring (bicyclic) bond motifs is 1. The van der Waals surface area contributed by atoms with Crippen LogP contribution < -0.4 is 10.6 Å². The lowest BCUT2D eigenvalue weighted by atomic mass is 9.91. The van der Waals surface area contributed by atoms with E-state index in [2.05, 4.69) is 20.8 Å². The smallest absolute Gasteiger partial charge is 0.322 e. The Balaban J connectivity index is 1.41. The van der Waals surface area contributed by atoms with Crippen molar-refractivity contribution in [3.05, 3.63) is 59.2 Å². The van der Waals surface area contributed by atoms with E-state index in [0.717, 1.165) is 41.5 Å². The van der Waals surface area contributed by atoms with Gasteiger partial charge in [-0.25, -0.2) is 4.79 Å². The molecule has 0 bridgehead atoms. The molecule has 5 rings (SSSR count). The molecule has 3 amide bonds. The first kappa shape index (κ1) is 19.2. The van der Waals surface area contributed by atoms with Gasteiger partial charge in [0, 0.05) is 23.1 Å². The maximum atomic E-state index is 12.2. The van der Waals surface area contributed by atoms with Crippen molar-refractivity contribution in [1.29, 1.82) is 0 Å². The number of aryl methyl sites for hydroxylation is 1. The minimum absolute atomic E-state index is 0.186. The topological polar surface area (TPSA) is 114 Å². The number of imide groups is 1. The number of nitrogens with zero attached hydrogens (tertiary/aromatic N) is 2. The molecule has 1 aliphatic heterocycles. The van der Waals surface area contributed by atoms with E-state index in [1.807, 2.05) is 18.2 Å². The zero-order chi connectivity index (χ0) is 21.6. The summed E-state index contributed by atoms with van der Waals surface area (Å²) in [5, 5.41) is 8.97. The summed E-state index contributed by atoms with van der Waals surface area (Å²) in [7, 11) is 0. The van der Waals surface area contributed by atoms with Gasteiger partial charge in [-0.3, -0.25) is 14.9 Å². The third-order valence-corrected chi connectivity index (χ3v) is 5.94. The average molecular weight is 416 g/mol. The lowest BCUT2D eigenvalue weighted by Crippen LogP contribution is -2.40. The lowest BCUT2D eigenvalue weighted by Gasteiger charge is -2.20. The molecule has 2 aromatic carbocycles. The maximum Gasteiger partial charge on any atom is 0.322 e. The number of amides is 3. The normalized spacial score (nSPS) is 20.7. The van der Waals surface area contributed by atoms with Crippen molar-refractivity contribution in [3.63, 3.8) is 0 Å². The number of urea groups is 1. The van der Waals surface area contributed by atoms with E-state index in [1.165, 1.54) is 0 Å². The van der Waals surface area contributed by atoms with Crippen molar-refractivity contribution < 1.29 is 18.9 Å². The highest BCUT2D eigenvalue weighted by Gasteiger charge is 2.43. The van der Waals surface area contributed by atoms with Gasteiger partial charge in [0.2, 0.25) is 5.82 Å². The molecule has 0 spiro atoms. The van der Waals surface area contributed by atoms with E-state index in [4.69, 9.17) is 4.52 Å². The van der Waals surface area contributed by atoms with Gasteiger partial charge in [-0.05, 0) is 49.4 Å². The van der Waals surface area contributed by atoms with Crippen molar-refractivity contribution in [1.82, 2.24) is 20.8 Å². The Morgan fingerprint density at radius 3 is 2.45 bits per heavy atom. The molecule has 1 atom stereocenters. The van der Waals surface area contributed by atoms with Gasteiger partial charge in [-0.1, -0.05) is 35.5 Å². The second-order valence-electron chi connectivity index (χ2n) is 8.04. The van der Waals surface area contributed by atoms with E-state index in [-0.39, 0.29) is 5.78 Å². The predicted octanol–water partition coefficient (Wildman–Crippen LogP) is 3.37. The summed E-state index contributed by atoms with van der Waals surface area (Å²) in [5.41, 5.74) is 2.84. The predicted molar refractivity (Wildman–Crippen MR) is 111 cm³/mol. The summed E-state index contributed by atoms with van der Waals surface area (Å²) in [6.45, 7) is 1.65. The molecule has 8 nitrogen and oxygen atoms in total. The Morgan fingerprint density at radius 1 is 0.968 bits per heavy atom. The molecule has 0 radical (unpaired) electrons. The van der Waals surface area contributed by atoms with Crippen molar-refractivity contribution in [2.45, 2.75) is 38.1 Å². The highest BCUT2D eigenvalue weighted by atomic mass is 16.5. The van der Waals surface area contributed by atoms with Crippen LogP contribution in [0, 0.1) is 0 Å². The Kier molecular flexibility index (Phi) is 4.43. The number of ketones is 1. The van der Waals surface area contributed by atoms with Gasteiger partial charge in [-0.2, -0.15) is 4.98 Å². The summed E-state index contributed by atoms with van der Waals surface area (Å²) < 4.78 is 5.47. The Hall–Kier alpha value is -3.81. The van der Waals surface area contributed by atoms with Crippen LogP contribution in [0.5, 0.6) is 0 Å². The monoisotopic (exact) mass is 416 g/mol. The SMILES string of the molecule is CC1(c2ccc(-c3noc(-c4ccc5c(c4)CCCCC5=O)n3)cc2)NC(=O)NC1=O. The molecule has 8 heteroatoms. The fraction of sp³-hybridized carbons (Fsp3) is 0.261. The van der Waals surface area contributed by atoms with Crippen LogP contribution in [0.3, 0.4) is 0 Å². The second-order valence-corrected chi connectivity index (χ2v) is 8.04. The number of aromatic nitrogens is 2. The average Bonchev–Trinajstić information content (AvgIpc) is 3.30. The summed E-state index contributed by atoms with van der Waals surface area (Å²) >= 11 is 0. The van der Waals surface area contributed by atoms with E-state index < -0.39 is 17.5 Å².